The molecule has 19 heteroatoms. The maximum absolute atomic E-state index is 9.78. The fraction of sp³-hybridized carbons (Fsp3) is 0.875. The normalized spacial score (nSPS) is 10.6. The lowest BCUT2D eigenvalue weighted by Gasteiger charge is -2.00. The molecule has 0 saturated heterocycles. The van der Waals surface area contributed by atoms with Gasteiger partial charge in [-0.3, -0.25) is 13.6 Å². The highest BCUT2D eigenvalue weighted by atomic mass is 31.2. The second-order valence-electron chi connectivity index (χ2n) is 3.51. The molecule has 0 aliphatic heterocycles. The molecule has 0 radical (unpaired) electrons. The van der Waals surface area contributed by atoms with Gasteiger partial charge in [0.15, 0.2) is 6.79 Å². The van der Waals surface area contributed by atoms with Crippen LogP contribution in [0.3, 0.4) is 0 Å². The number of aliphatic carboxylic acids is 1. The van der Waals surface area contributed by atoms with E-state index in [-0.39, 0.29) is 25.0 Å². The van der Waals surface area contributed by atoms with E-state index in [1.807, 2.05) is 0 Å². The molecule has 0 aromatic carbocycles. The van der Waals surface area contributed by atoms with Crippen LogP contribution in [0.15, 0.2) is 0 Å². The molecule has 0 bridgehead atoms. The Morgan fingerprint density at radius 3 is 1.22 bits per heavy atom. The molecule has 27 heavy (non-hydrogen) atoms. The SMILES string of the molecule is CCP(=O)(O)O.COCC(=O)O.COCOP(=O)(O)O.COP(=O)(O)O.O. The molecule has 0 heterocycles. The third-order valence-electron chi connectivity index (χ3n) is 1.26. The maximum atomic E-state index is 9.78. The van der Waals surface area contributed by atoms with Crippen LogP contribution in [0, 0.1) is 0 Å². The maximum Gasteiger partial charge on any atom is 0.471 e. The summed E-state index contributed by atoms with van der Waals surface area (Å²) in [6.45, 7) is 0.852. The monoisotopic (exact) mass is 472 g/mol. The van der Waals surface area contributed by atoms with Crippen LogP contribution < -0.4 is 0 Å². The van der Waals surface area contributed by atoms with Crippen molar-refractivity contribution in [1.29, 1.82) is 0 Å². The molecule has 0 aromatic heterocycles. The molecule has 0 aliphatic carbocycles. The molecule has 16 nitrogen and oxygen atoms in total. The Hall–Kier alpha value is -0.280. The van der Waals surface area contributed by atoms with Gasteiger partial charge in [-0.15, -0.1) is 0 Å². The van der Waals surface area contributed by atoms with Crippen LogP contribution in [0.25, 0.3) is 0 Å². The summed E-state index contributed by atoms with van der Waals surface area (Å²) in [4.78, 5) is 56.7. The molecular formula is C8H27O16P3. The highest BCUT2D eigenvalue weighted by Crippen LogP contribution is 2.35. The van der Waals surface area contributed by atoms with Crippen molar-refractivity contribution in [3.05, 3.63) is 0 Å². The lowest BCUT2D eigenvalue weighted by atomic mass is 10.8. The van der Waals surface area contributed by atoms with Gasteiger partial charge in [0.2, 0.25) is 0 Å². The lowest BCUT2D eigenvalue weighted by molar-refractivity contribution is -0.141. The van der Waals surface area contributed by atoms with Gasteiger partial charge >= 0.3 is 29.2 Å². The van der Waals surface area contributed by atoms with Crippen molar-refractivity contribution in [1.82, 2.24) is 0 Å². The van der Waals surface area contributed by atoms with Crippen LogP contribution in [0.1, 0.15) is 6.92 Å². The zero-order chi connectivity index (χ0) is 22.0. The standard InChI is InChI=1S/C3H6O3.C2H7O5P.C2H7O3P.CH5O4P.H2O/c1-6-2-3(4)5;1-6-2-7-8(3,4)5;1-2-6(3,4)5;1-5-6(2,3)4;/h2H2,1H3,(H,4,5);2H2,1H3,(H2,3,4,5);2H2,1H3,(H2,3,4,5);1H3,(H2,2,3,4);1H2. The van der Waals surface area contributed by atoms with Gasteiger partial charge in [-0.2, -0.15) is 0 Å². The van der Waals surface area contributed by atoms with E-state index in [1.165, 1.54) is 21.1 Å². The average molecular weight is 472 g/mol. The van der Waals surface area contributed by atoms with Crippen molar-refractivity contribution in [2.24, 2.45) is 0 Å². The minimum atomic E-state index is -4.31. The molecule has 170 valence electrons. The van der Waals surface area contributed by atoms with E-state index in [4.69, 9.17) is 34.5 Å². The van der Waals surface area contributed by atoms with E-state index < -0.39 is 29.2 Å². The Morgan fingerprint density at radius 1 is 0.852 bits per heavy atom. The second kappa shape index (κ2) is 20.5. The Morgan fingerprint density at radius 2 is 1.19 bits per heavy atom. The predicted molar refractivity (Wildman–Crippen MR) is 89.8 cm³/mol. The Labute approximate surface area is 155 Å². The highest BCUT2D eigenvalue weighted by molar-refractivity contribution is 7.51. The van der Waals surface area contributed by atoms with Crippen LogP contribution >= 0.6 is 23.2 Å². The predicted octanol–water partition coefficient (Wildman–Crippen LogP) is -1.50. The number of hydrogen-bond acceptors (Lipinski definition) is 8. The number of rotatable bonds is 7. The van der Waals surface area contributed by atoms with E-state index in [9.17, 15) is 18.5 Å². The summed E-state index contributed by atoms with van der Waals surface area (Å²) in [5.74, 6) is -0.933. The van der Waals surface area contributed by atoms with Crippen LogP contribution in [-0.4, -0.2) is 86.8 Å². The second-order valence-corrected chi connectivity index (χ2v) is 8.05. The van der Waals surface area contributed by atoms with Crippen molar-refractivity contribution in [2.45, 2.75) is 6.92 Å². The molecule has 0 spiro atoms. The van der Waals surface area contributed by atoms with Gasteiger partial charge in [0, 0.05) is 27.5 Å². The number of ether oxygens (including phenoxy) is 2. The van der Waals surface area contributed by atoms with E-state index in [0.717, 1.165) is 7.11 Å². The number of carboxylic acids is 1. The van der Waals surface area contributed by atoms with Crippen LogP contribution in [-0.2, 0) is 37.0 Å². The third kappa shape index (κ3) is 76.9. The minimum absolute atomic E-state index is 0. The first-order valence-electron chi connectivity index (χ1n) is 6.01. The smallest absolute Gasteiger partial charge is 0.471 e. The largest absolute Gasteiger partial charge is 0.480 e. The van der Waals surface area contributed by atoms with E-state index >= 15 is 0 Å². The summed E-state index contributed by atoms with van der Waals surface area (Å²) in [5, 5.41) is 7.79. The first kappa shape index (κ1) is 37.5. The molecule has 0 atom stereocenters. The minimum Gasteiger partial charge on any atom is -0.480 e. The zero-order valence-corrected chi connectivity index (χ0v) is 17.5. The number of hydrogen-bond donors (Lipinski definition) is 7. The van der Waals surface area contributed by atoms with Crippen molar-refractivity contribution < 1.29 is 77.0 Å². The molecule has 0 aliphatic rings. The molecule has 0 rings (SSSR count). The summed E-state index contributed by atoms with van der Waals surface area (Å²) in [6.07, 6.45) is -0.0625. The van der Waals surface area contributed by atoms with Gasteiger partial charge in [-0.25, -0.2) is 13.9 Å². The quantitative estimate of drug-likeness (QED) is 0.164. The van der Waals surface area contributed by atoms with Gasteiger partial charge in [0.1, 0.15) is 6.61 Å². The summed E-state index contributed by atoms with van der Waals surface area (Å²) < 4.78 is 44.8. The summed E-state index contributed by atoms with van der Waals surface area (Å²) in [6, 6.07) is 0. The van der Waals surface area contributed by atoms with Crippen LogP contribution in [0.5, 0.6) is 0 Å². The highest BCUT2D eigenvalue weighted by Gasteiger charge is 2.11. The first-order chi connectivity index (χ1) is 11.5. The number of carbonyl (C=O) groups is 1. The van der Waals surface area contributed by atoms with Gasteiger partial charge in [-0.05, 0) is 0 Å². The van der Waals surface area contributed by atoms with Crippen LogP contribution in [0.4, 0.5) is 0 Å². The molecule has 0 saturated carbocycles. The molecule has 0 amide bonds. The van der Waals surface area contributed by atoms with Crippen molar-refractivity contribution in [3.8, 4) is 0 Å². The fourth-order valence-electron chi connectivity index (χ4n) is 0.245. The number of phosphoric ester groups is 2. The van der Waals surface area contributed by atoms with Crippen molar-refractivity contribution >= 4 is 29.2 Å². The fourth-order valence-corrected chi connectivity index (χ4v) is 0.488. The van der Waals surface area contributed by atoms with Gasteiger partial charge in [0.05, 0.1) is 0 Å². The summed E-state index contributed by atoms with van der Waals surface area (Å²) >= 11 is 0. The summed E-state index contributed by atoms with van der Waals surface area (Å²) in [7, 11) is -8.54. The molecular weight excluding hydrogens is 445 g/mol. The number of methoxy groups -OCH3 is 2. The van der Waals surface area contributed by atoms with Gasteiger partial charge in [-0.1, -0.05) is 6.92 Å². The third-order valence-corrected chi connectivity index (χ3v) is 3.00. The van der Waals surface area contributed by atoms with Gasteiger partial charge in [0.25, 0.3) is 0 Å². The van der Waals surface area contributed by atoms with Crippen molar-refractivity contribution in [3.63, 3.8) is 0 Å². The Balaban J connectivity index is -0.0000000794. The number of carboxylic acid groups (broad SMARTS) is 1. The average Bonchev–Trinajstić information content (AvgIpc) is 2.44. The Bertz CT molecular complexity index is 440. The topological polar surface area (TPSA) is 278 Å². The first-order valence-corrected chi connectivity index (χ1v) is 10.9. The van der Waals surface area contributed by atoms with Crippen LogP contribution in [0.2, 0.25) is 0 Å². The number of phosphoric acid groups is 2. The summed E-state index contributed by atoms with van der Waals surface area (Å²) in [5.41, 5.74) is 0. The molecule has 0 unspecified atom stereocenters. The van der Waals surface area contributed by atoms with Crippen molar-refractivity contribution in [2.75, 3.05) is 40.9 Å². The molecule has 0 aromatic rings. The Kier molecular flexibility index (Phi) is 28.4. The molecule has 0 fully saturated rings. The van der Waals surface area contributed by atoms with E-state index in [2.05, 4.69) is 18.5 Å². The lowest BCUT2D eigenvalue weighted by Crippen LogP contribution is -2.02. The van der Waals surface area contributed by atoms with Gasteiger partial charge < -0.3 is 49.4 Å². The van der Waals surface area contributed by atoms with E-state index in [0.29, 0.717) is 0 Å². The van der Waals surface area contributed by atoms with E-state index in [1.54, 1.807) is 0 Å². The molecule has 9 N–H and O–H groups in total. The zero-order valence-electron chi connectivity index (χ0n) is 14.9.